The van der Waals surface area contributed by atoms with Crippen molar-refractivity contribution in [1.29, 1.82) is 0 Å². The first-order valence-electron chi connectivity index (χ1n) is 11.8. The van der Waals surface area contributed by atoms with Gasteiger partial charge in [-0.1, -0.05) is 23.9 Å². The van der Waals surface area contributed by atoms with E-state index >= 15 is 0 Å². The lowest BCUT2D eigenvalue weighted by atomic mass is 10.1. The zero-order valence-electron chi connectivity index (χ0n) is 23.6. The molecule has 2 heterocycles. The predicted molar refractivity (Wildman–Crippen MR) is 147 cm³/mol. The van der Waals surface area contributed by atoms with Crippen LogP contribution in [-0.2, 0) is 17.1 Å². The van der Waals surface area contributed by atoms with Gasteiger partial charge in [-0.15, -0.1) is 23.0 Å². The largest absolute Gasteiger partial charge is 0.573 e. The first kappa shape index (κ1) is 34.1. The Labute approximate surface area is 243 Å². The van der Waals surface area contributed by atoms with E-state index in [4.69, 9.17) is 4.74 Å². The summed E-state index contributed by atoms with van der Waals surface area (Å²) in [6, 6.07) is 1.97. The number of nitrogens with zero attached hydrogens (tertiary/aromatic N) is 6. The average molecular weight is 638 g/mol. The molecule has 0 atom stereocenters. The number of para-hydroxylation sites is 1. The number of sulfonamides is 1. The third kappa shape index (κ3) is 9.79. The van der Waals surface area contributed by atoms with Gasteiger partial charge in [-0.05, 0) is 46.1 Å². The molecule has 0 aliphatic rings. The molecule has 0 unspecified atom stereocenters. The Morgan fingerprint density at radius 2 is 1.71 bits per heavy atom. The number of benzene rings is 1. The molecule has 1 aromatic carbocycles. The third-order valence-corrected chi connectivity index (χ3v) is 6.43. The fourth-order valence-corrected chi connectivity index (χ4v) is 4.31. The fraction of sp³-hybridized carbons (Fsp3) is 0.455. The van der Waals surface area contributed by atoms with E-state index in [-0.39, 0.29) is 16.2 Å². The Kier molecular flexibility index (Phi) is 11.2. The van der Waals surface area contributed by atoms with Crippen LogP contribution in [0.1, 0.15) is 27.7 Å². The second-order valence-corrected chi connectivity index (χ2v) is 11.4. The van der Waals surface area contributed by atoms with Gasteiger partial charge < -0.3 is 20.1 Å². The maximum Gasteiger partial charge on any atom is 0.573 e. The minimum atomic E-state index is -5.15. The maximum atomic E-state index is 12.4. The van der Waals surface area contributed by atoms with E-state index in [1.54, 1.807) is 0 Å². The highest BCUT2D eigenvalue weighted by Crippen LogP contribution is 2.29. The van der Waals surface area contributed by atoms with Gasteiger partial charge in [-0.3, -0.25) is 0 Å². The van der Waals surface area contributed by atoms with E-state index < -0.39 is 38.8 Å². The van der Waals surface area contributed by atoms with E-state index in [0.29, 0.717) is 11.9 Å². The van der Waals surface area contributed by atoms with Gasteiger partial charge in [0, 0.05) is 19.1 Å². The summed E-state index contributed by atoms with van der Waals surface area (Å²) in [5, 5.41) is 10.5. The second kappa shape index (κ2) is 13.7. The van der Waals surface area contributed by atoms with Gasteiger partial charge in [0.15, 0.2) is 5.16 Å². The zero-order chi connectivity index (χ0) is 31.9. The first-order valence-corrected chi connectivity index (χ1v) is 14.6. The number of carbonyl (C=O) groups is 1. The number of rotatable bonds is 8. The van der Waals surface area contributed by atoms with Gasteiger partial charge >= 0.3 is 24.1 Å². The molecule has 3 rings (SSSR count). The summed E-state index contributed by atoms with van der Waals surface area (Å²) in [5.74, 6) is 0.183. The number of carbonyl (C=O) groups excluding carboxylic acids is 1. The Balaban J connectivity index is 0.000000330. The van der Waals surface area contributed by atoms with E-state index in [2.05, 4.69) is 56.2 Å². The van der Waals surface area contributed by atoms with E-state index in [1.165, 1.54) is 23.5 Å². The van der Waals surface area contributed by atoms with Crippen LogP contribution in [0.4, 0.5) is 29.9 Å². The molecule has 0 fully saturated rings. The second-order valence-electron chi connectivity index (χ2n) is 9.02. The van der Waals surface area contributed by atoms with Crippen molar-refractivity contribution in [2.24, 2.45) is 7.05 Å². The number of aromatic nitrogens is 6. The highest BCUT2D eigenvalue weighted by atomic mass is 32.2. The van der Waals surface area contributed by atoms with Crippen LogP contribution in [-0.4, -0.2) is 75.6 Å². The van der Waals surface area contributed by atoms with Gasteiger partial charge in [-0.25, -0.2) is 27.3 Å². The lowest BCUT2D eigenvalue weighted by Gasteiger charge is -2.20. The summed E-state index contributed by atoms with van der Waals surface area (Å²) in [6.07, 6.45) is -3.20. The Morgan fingerprint density at radius 3 is 2.24 bits per heavy atom. The van der Waals surface area contributed by atoms with Gasteiger partial charge in [-0.2, -0.15) is 15.0 Å². The van der Waals surface area contributed by atoms with Gasteiger partial charge in [0.05, 0.1) is 7.11 Å². The monoisotopic (exact) mass is 637 g/mol. The molecule has 0 aliphatic heterocycles. The summed E-state index contributed by atoms with van der Waals surface area (Å²) in [6.45, 7) is 9.03. The Morgan fingerprint density at radius 1 is 1.10 bits per heavy atom. The molecule has 15 nitrogen and oxygen atoms in total. The number of nitrogens with one attached hydrogen (secondary N) is 3. The van der Waals surface area contributed by atoms with E-state index in [0.717, 1.165) is 47.6 Å². The van der Waals surface area contributed by atoms with Crippen LogP contribution in [0.2, 0.25) is 0 Å². The van der Waals surface area contributed by atoms with Crippen molar-refractivity contribution in [3.63, 3.8) is 0 Å². The van der Waals surface area contributed by atoms with Gasteiger partial charge in [0.25, 0.3) is 10.0 Å². The molecule has 0 saturated carbocycles. The molecule has 0 saturated heterocycles. The van der Waals surface area contributed by atoms with Crippen molar-refractivity contribution in [2.75, 3.05) is 30.5 Å². The number of anilines is 2. The van der Waals surface area contributed by atoms with Crippen LogP contribution in [0, 0.1) is 0 Å². The highest BCUT2D eigenvalue weighted by Gasteiger charge is 2.34. The SMILES string of the molecule is CCNc1nc(NC(C)(C)C)nc(SC)n1.COc1nn(C(=O)NS(=O)(=O)c2ccccc2OC(F)(F)F)c(=O)n1C. The molecular weight excluding hydrogens is 607 g/mol. The molecule has 0 bridgehead atoms. The van der Waals surface area contributed by atoms with Crippen molar-refractivity contribution in [3.8, 4) is 11.8 Å². The molecule has 2 aromatic heterocycles. The number of ether oxygens (including phenoxy) is 2. The van der Waals surface area contributed by atoms with Crippen molar-refractivity contribution in [1.82, 2.24) is 34.0 Å². The minimum Gasteiger partial charge on any atom is -0.467 e. The lowest BCUT2D eigenvalue weighted by molar-refractivity contribution is -0.275. The summed E-state index contributed by atoms with van der Waals surface area (Å²) in [7, 11) is -2.45. The number of thioether (sulfide) groups is 1. The average Bonchev–Trinajstić information content (AvgIpc) is 3.16. The standard InChI is InChI=1S/C12H11F3N4O6S.C10H19N5S/c1-18-10(24-2)16-19(11(18)21)9(20)17-26(22,23)8-6-4-3-5-7(8)25-12(13,14)15;1-6-11-7-12-8(15-10(2,3)4)14-9(13-7)16-5/h3-6H,1-2H3,(H,17,20);6H2,1-5H3,(H2,11,12,13,14,15). The molecule has 0 radical (unpaired) electrons. The van der Waals surface area contributed by atoms with Crippen LogP contribution in [0.3, 0.4) is 0 Å². The molecule has 3 N–H and O–H groups in total. The van der Waals surface area contributed by atoms with Crippen molar-refractivity contribution in [3.05, 3.63) is 34.7 Å². The molecule has 0 aliphatic carbocycles. The van der Waals surface area contributed by atoms with Crippen LogP contribution >= 0.6 is 11.8 Å². The van der Waals surface area contributed by atoms with Crippen LogP contribution in [0.5, 0.6) is 11.8 Å². The Hall–Kier alpha value is -4.07. The normalized spacial score (nSPS) is 11.7. The van der Waals surface area contributed by atoms with Gasteiger partial charge in [0.1, 0.15) is 10.6 Å². The maximum absolute atomic E-state index is 12.4. The fourth-order valence-electron chi connectivity index (χ4n) is 2.90. The highest BCUT2D eigenvalue weighted by molar-refractivity contribution is 7.98. The number of amides is 1. The number of hydrogen-bond acceptors (Lipinski definition) is 13. The minimum absolute atomic E-state index is 0.0550. The van der Waals surface area contributed by atoms with Crippen molar-refractivity contribution >= 4 is 39.7 Å². The van der Waals surface area contributed by atoms with Crippen molar-refractivity contribution < 1.29 is 35.9 Å². The molecule has 20 heteroatoms. The third-order valence-electron chi connectivity index (χ3n) is 4.52. The summed E-state index contributed by atoms with van der Waals surface area (Å²) in [4.78, 5) is 35.7. The number of alkyl halides is 3. The van der Waals surface area contributed by atoms with Gasteiger partial charge in [0.2, 0.25) is 11.9 Å². The van der Waals surface area contributed by atoms with E-state index in [9.17, 15) is 31.2 Å². The predicted octanol–water partition coefficient (Wildman–Crippen LogP) is 2.67. The first-order chi connectivity index (χ1) is 19.4. The number of halogens is 3. The van der Waals surface area contributed by atoms with Crippen LogP contribution < -0.4 is 30.5 Å². The summed E-state index contributed by atoms with van der Waals surface area (Å²) < 4.78 is 72.4. The quantitative estimate of drug-likeness (QED) is 0.307. The lowest BCUT2D eigenvalue weighted by Crippen LogP contribution is -2.40. The van der Waals surface area contributed by atoms with E-state index in [1.807, 2.05) is 13.2 Å². The zero-order valence-corrected chi connectivity index (χ0v) is 25.2. The van der Waals surface area contributed by atoms with Crippen molar-refractivity contribution in [2.45, 2.75) is 49.6 Å². The molecular formula is C22H30F3N9O6S2. The number of hydrogen-bond donors (Lipinski definition) is 3. The Bertz CT molecular complexity index is 1550. The smallest absolute Gasteiger partial charge is 0.467 e. The van der Waals surface area contributed by atoms with Crippen LogP contribution in [0.25, 0.3) is 0 Å². The molecule has 3 aromatic rings. The molecule has 1 amide bonds. The van der Waals surface area contributed by atoms with Crippen LogP contribution in [0.15, 0.2) is 39.1 Å². The summed E-state index contributed by atoms with van der Waals surface area (Å²) >= 11 is 1.51. The number of methoxy groups -OCH3 is 1. The summed E-state index contributed by atoms with van der Waals surface area (Å²) in [5.41, 5.74) is -1.09. The topological polar surface area (TPSA) is 184 Å². The molecule has 232 valence electrons. The molecule has 42 heavy (non-hydrogen) atoms. The molecule has 0 spiro atoms.